The maximum atomic E-state index is 6.24. The Morgan fingerprint density at radius 1 is 0.660 bits per heavy atom. The number of allylic oxidation sites excluding steroid dienone is 2. The fourth-order valence-electron chi connectivity index (χ4n) is 6.77. The van der Waals surface area contributed by atoms with Gasteiger partial charge in [-0.3, -0.25) is 9.56 Å². The zero-order valence-electron chi connectivity index (χ0n) is 27.5. The first kappa shape index (κ1) is 32.8. The number of benzene rings is 5. The zero-order valence-corrected chi connectivity index (χ0v) is 29.0. The molecule has 0 unspecified atom stereocenters. The van der Waals surface area contributed by atoms with E-state index in [1.807, 2.05) is 48.5 Å². The molecule has 0 saturated carbocycles. The van der Waals surface area contributed by atoms with Gasteiger partial charge in [0.15, 0.2) is 0 Å². The molecule has 0 fully saturated rings. The van der Waals surface area contributed by atoms with Gasteiger partial charge in [0.2, 0.25) is 0 Å². The quantitative estimate of drug-likeness (QED) is 0.118. The Kier molecular flexibility index (Phi) is 9.23. The van der Waals surface area contributed by atoms with Crippen molar-refractivity contribution >= 4 is 104 Å². The predicted octanol–water partition coefficient (Wildman–Crippen LogP) is 10.7. The summed E-state index contributed by atoms with van der Waals surface area (Å²) in [4.78, 5) is 8.21. The van der Waals surface area contributed by atoms with Crippen LogP contribution in [-0.4, -0.2) is 22.4 Å². The first-order valence-corrected chi connectivity index (χ1v) is 17.0. The number of halogens is 2. The number of nitrogens with zero attached hydrogens (tertiary/aromatic N) is 4. The van der Waals surface area contributed by atoms with E-state index < -0.39 is 0 Å². The molecule has 5 aromatic carbocycles. The lowest BCUT2D eigenvalue weighted by Crippen LogP contribution is -2.27. The number of aromatic nitrogens is 2. The maximum Gasteiger partial charge on any atom is 0.133 e. The molecule has 3 heterocycles. The van der Waals surface area contributed by atoms with Crippen molar-refractivity contribution in [3.63, 3.8) is 0 Å². The molecule has 0 aliphatic heterocycles. The second-order valence-corrected chi connectivity index (χ2v) is 12.9. The third-order valence-corrected chi connectivity index (χ3v) is 9.40. The summed E-state index contributed by atoms with van der Waals surface area (Å²) in [5.41, 5.74) is 6.72. The molecule has 244 valence electrons. The summed E-state index contributed by atoms with van der Waals surface area (Å²) in [5, 5.41) is 9.29. The molecule has 50 heavy (non-hydrogen) atoms. The number of hydrogen-bond donors (Lipinski definition) is 0. The van der Waals surface area contributed by atoms with Gasteiger partial charge in [0.25, 0.3) is 0 Å². The van der Waals surface area contributed by atoms with E-state index in [9.17, 15) is 0 Å². The number of hydrogen-bond acceptors (Lipinski definition) is 2. The van der Waals surface area contributed by atoms with E-state index in [-0.39, 0.29) is 0 Å². The van der Waals surface area contributed by atoms with Crippen LogP contribution in [0.2, 0.25) is 10.0 Å². The van der Waals surface area contributed by atoms with Crippen LogP contribution in [0.15, 0.2) is 144 Å². The molecule has 0 atom stereocenters. The molecule has 0 saturated heterocycles. The molecule has 0 spiro atoms. The van der Waals surface area contributed by atoms with Gasteiger partial charge in [0.05, 0.1) is 34.0 Å². The van der Waals surface area contributed by atoms with Crippen molar-refractivity contribution in [3.05, 3.63) is 166 Å². The van der Waals surface area contributed by atoms with Crippen LogP contribution in [0.5, 0.6) is 0 Å². The Morgan fingerprint density at radius 3 is 2.00 bits per heavy atom. The standard InChI is InChI=1S/C36H26ClN3.C8H8ClN/c1-4-10-31-23(2)30-20-25-21-34-29-15-6-5-13-27(29)28-14-7-8-16-32(28)39(34)33(25)22-35(30)40(31)36(38-3)18-17-24-11-9-12-26(37)19-24;1-10-6-7-3-2-4-8(9)5-7/h4-16,18-22H,1-3,17H2;2-5H,1,6H2/b31-10+,36-18+;. The van der Waals surface area contributed by atoms with Crippen LogP contribution in [0.4, 0.5) is 0 Å². The molecule has 0 N–H and O–H groups in total. The third kappa shape index (κ3) is 6.05. The number of aliphatic imine (C=N–C) groups is 2. The number of fused-ring (bicyclic) bond motifs is 9. The maximum absolute atomic E-state index is 6.24. The van der Waals surface area contributed by atoms with Crippen molar-refractivity contribution in [2.45, 2.75) is 13.0 Å². The summed E-state index contributed by atoms with van der Waals surface area (Å²) >= 11 is 12.0. The molecule has 0 aliphatic carbocycles. The SMILES string of the molecule is C=C/C=c1\c(=C)c2cc3cc4c5ccccc5c5ccccc5n4c3cc2n1/C(=C/Cc1cccc(Cl)c1)N=C.C=NCc1cccc(Cl)c1. The van der Waals surface area contributed by atoms with Crippen molar-refractivity contribution < 1.29 is 0 Å². The Bertz CT molecular complexity index is 2770. The number of pyridine rings is 1. The molecular formula is C44H34Cl2N4. The lowest BCUT2D eigenvalue weighted by Gasteiger charge is -2.11. The first-order valence-electron chi connectivity index (χ1n) is 16.2. The number of para-hydroxylation sites is 1. The van der Waals surface area contributed by atoms with Crippen molar-refractivity contribution in [1.29, 1.82) is 0 Å². The average Bonchev–Trinajstić information content (AvgIpc) is 3.63. The Morgan fingerprint density at radius 2 is 1.32 bits per heavy atom. The van der Waals surface area contributed by atoms with Crippen LogP contribution in [-0.2, 0) is 13.0 Å². The molecule has 8 aromatic rings. The highest BCUT2D eigenvalue weighted by Crippen LogP contribution is 2.35. The van der Waals surface area contributed by atoms with Crippen LogP contribution >= 0.6 is 23.2 Å². The van der Waals surface area contributed by atoms with Crippen LogP contribution < -0.4 is 10.6 Å². The van der Waals surface area contributed by atoms with Gasteiger partial charge in [-0.05, 0) is 97.1 Å². The topological polar surface area (TPSA) is 34.1 Å². The van der Waals surface area contributed by atoms with Gasteiger partial charge in [-0.15, -0.1) is 0 Å². The van der Waals surface area contributed by atoms with Gasteiger partial charge in [-0.25, -0.2) is 4.99 Å². The second kappa shape index (κ2) is 14.0. The third-order valence-electron chi connectivity index (χ3n) is 8.93. The zero-order chi connectivity index (χ0) is 34.8. The minimum atomic E-state index is 0.639. The first-order chi connectivity index (χ1) is 24.4. The minimum absolute atomic E-state index is 0.639. The normalized spacial score (nSPS) is 12.1. The van der Waals surface area contributed by atoms with E-state index in [1.165, 1.54) is 27.2 Å². The highest BCUT2D eigenvalue weighted by molar-refractivity contribution is 6.31. The molecule has 6 heteroatoms. The Labute approximate surface area is 300 Å². The average molecular weight is 690 g/mol. The summed E-state index contributed by atoms with van der Waals surface area (Å²) in [6, 6.07) is 39.5. The van der Waals surface area contributed by atoms with Crippen molar-refractivity contribution in [1.82, 2.24) is 8.97 Å². The van der Waals surface area contributed by atoms with Gasteiger partial charge < -0.3 is 4.40 Å². The summed E-state index contributed by atoms with van der Waals surface area (Å²) in [7, 11) is 0. The summed E-state index contributed by atoms with van der Waals surface area (Å²) < 4.78 is 4.51. The van der Waals surface area contributed by atoms with E-state index in [4.69, 9.17) is 23.2 Å². The van der Waals surface area contributed by atoms with Crippen LogP contribution in [0.3, 0.4) is 0 Å². The van der Waals surface area contributed by atoms with Crippen molar-refractivity contribution in [2.24, 2.45) is 9.98 Å². The van der Waals surface area contributed by atoms with Crippen molar-refractivity contribution in [3.8, 4) is 0 Å². The summed E-state index contributed by atoms with van der Waals surface area (Å²) in [6.07, 6.45) is 6.53. The Hall–Kier alpha value is -5.68. The minimum Gasteiger partial charge on any atom is -0.309 e. The molecule has 0 radical (unpaired) electrons. The largest absolute Gasteiger partial charge is 0.309 e. The molecule has 3 aromatic heterocycles. The summed E-state index contributed by atoms with van der Waals surface area (Å²) in [6.45, 7) is 16.4. The van der Waals surface area contributed by atoms with E-state index in [0.29, 0.717) is 18.0 Å². The van der Waals surface area contributed by atoms with Crippen molar-refractivity contribution in [2.75, 3.05) is 0 Å². The molecule has 8 rings (SSSR count). The molecule has 0 bridgehead atoms. The molecule has 0 aliphatic rings. The lowest BCUT2D eigenvalue weighted by atomic mass is 10.1. The van der Waals surface area contributed by atoms with Gasteiger partial charge in [0, 0.05) is 36.8 Å². The number of rotatable bonds is 7. The van der Waals surface area contributed by atoms with Gasteiger partial charge in [-0.2, -0.15) is 0 Å². The fraction of sp³-hybridized carbons (Fsp3) is 0.0455. The van der Waals surface area contributed by atoms with E-state index in [0.717, 1.165) is 54.3 Å². The summed E-state index contributed by atoms with van der Waals surface area (Å²) in [5.74, 6) is 0.739. The van der Waals surface area contributed by atoms with E-state index in [1.54, 1.807) is 6.08 Å². The second-order valence-electron chi connectivity index (χ2n) is 12.0. The van der Waals surface area contributed by atoms with Gasteiger partial charge >= 0.3 is 0 Å². The van der Waals surface area contributed by atoms with Gasteiger partial charge in [0.1, 0.15) is 5.82 Å². The molecule has 0 amide bonds. The van der Waals surface area contributed by atoms with Crippen LogP contribution in [0.1, 0.15) is 11.1 Å². The Balaban J connectivity index is 0.000000339. The lowest BCUT2D eigenvalue weighted by molar-refractivity contribution is 1.06. The fourth-order valence-corrected chi connectivity index (χ4v) is 7.19. The monoisotopic (exact) mass is 688 g/mol. The highest BCUT2D eigenvalue weighted by Gasteiger charge is 2.16. The van der Waals surface area contributed by atoms with Crippen LogP contribution in [0.25, 0.3) is 67.5 Å². The predicted molar refractivity (Wildman–Crippen MR) is 219 cm³/mol. The van der Waals surface area contributed by atoms with Crippen LogP contribution in [0, 0.1) is 0 Å². The van der Waals surface area contributed by atoms with Gasteiger partial charge in [-0.1, -0.05) is 109 Å². The highest BCUT2D eigenvalue weighted by atomic mass is 35.5. The smallest absolute Gasteiger partial charge is 0.133 e. The molecule has 4 nitrogen and oxygen atoms in total. The molecular weight excluding hydrogens is 655 g/mol. The van der Waals surface area contributed by atoms with E-state index in [2.05, 4.69) is 124 Å². The van der Waals surface area contributed by atoms with E-state index >= 15 is 0 Å².